The van der Waals surface area contributed by atoms with Gasteiger partial charge in [-0.1, -0.05) is 36.4 Å². The highest BCUT2D eigenvalue weighted by atomic mass is 16.2. The van der Waals surface area contributed by atoms with Gasteiger partial charge in [0.05, 0.1) is 11.9 Å². The maximum absolute atomic E-state index is 12.3. The number of amides is 1. The minimum atomic E-state index is -0.260. The lowest BCUT2D eigenvalue weighted by molar-refractivity contribution is 0.0955. The summed E-state index contributed by atoms with van der Waals surface area (Å²) in [4.78, 5) is 16.3. The van der Waals surface area contributed by atoms with E-state index in [1.807, 2.05) is 42.5 Å². The molecule has 1 amide bonds. The number of carbonyl (C=O) groups excluding carboxylic acids is 1. The summed E-state index contributed by atoms with van der Waals surface area (Å²) in [5.74, 6) is -0.260. The molecule has 5 heteroatoms. The highest BCUT2D eigenvalue weighted by Gasteiger charge is 2.10. The average Bonchev–Trinajstić information content (AvgIpc) is 3.16. The molecule has 0 aliphatic heterocycles. The number of benzene rings is 2. The fraction of sp³-hybridized carbons (Fsp3) is 0.0417. The molecule has 0 radical (unpaired) electrons. The largest absolute Gasteiger partial charge is 0.314 e. The third-order valence-corrected chi connectivity index (χ3v) is 4.60. The number of hydrogen-bond acceptors (Lipinski definition) is 3. The van der Waals surface area contributed by atoms with Gasteiger partial charge in [-0.3, -0.25) is 9.78 Å². The number of nitrogens with zero attached hydrogens (tertiary/aromatic N) is 3. The van der Waals surface area contributed by atoms with Crippen LogP contribution < -0.4 is 5.43 Å². The fourth-order valence-corrected chi connectivity index (χ4v) is 3.16. The van der Waals surface area contributed by atoms with Crippen LogP contribution in [0.25, 0.3) is 16.9 Å². The van der Waals surface area contributed by atoms with Gasteiger partial charge in [-0.2, -0.15) is 5.10 Å². The topological polar surface area (TPSA) is 59.3 Å². The Kier molecular flexibility index (Phi) is 5.29. The molecule has 4 rings (SSSR count). The van der Waals surface area contributed by atoms with Crippen molar-refractivity contribution in [3.8, 4) is 16.9 Å². The third-order valence-electron chi connectivity index (χ3n) is 4.60. The molecule has 0 aliphatic carbocycles. The quantitative estimate of drug-likeness (QED) is 0.406. The van der Waals surface area contributed by atoms with Crippen LogP contribution in [0.2, 0.25) is 0 Å². The number of nitrogens with one attached hydrogen (secondary N) is 1. The Balaban J connectivity index is 1.52. The molecular weight excluding hydrogens is 360 g/mol. The minimum absolute atomic E-state index is 0.260. The lowest BCUT2D eigenvalue weighted by Gasteiger charge is -2.12. The van der Waals surface area contributed by atoms with Gasteiger partial charge in [-0.15, -0.1) is 0 Å². The van der Waals surface area contributed by atoms with Gasteiger partial charge >= 0.3 is 0 Å². The number of hydrazone groups is 1. The van der Waals surface area contributed by atoms with E-state index in [0.717, 1.165) is 28.2 Å². The Bertz CT molecular complexity index is 1130. The van der Waals surface area contributed by atoms with E-state index in [-0.39, 0.29) is 5.91 Å². The van der Waals surface area contributed by atoms with E-state index in [9.17, 15) is 4.79 Å². The zero-order valence-corrected chi connectivity index (χ0v) is 16.0. The Hall–Kier alpha value is -3.99. The second kappa shape index (κ2) is 8.35. The molecule has 1 N–H and O–H groups in total. The molecule has 142 valence electrons. The summed E-state index contributed by atoms with van der Waals surface area (Å²) >= 11 is 0. The normalized spacial score (nSPS) is 10.9. The number of aromatic nitrogens is 2. The number of carbonyl (C=O) groups is 1. The SMILES string of the molecule is Cc1ccc(-c2ccccc2)n1-c1ccc(C(=O)N/N=C/c2cccnc2)cc1. The van der Waals surface area contributed by atoms with E-state index in [0.29, 0.717) is 5.56 Å². The van der Waals surface area contributed by atoms with Crippen molar-refractivity contribution in [2.75, 3.05) is 0 Å². The van der Waals surface area contributed by atoms with Gasteiger partial charge in [0.15, 0.2) is 0 Å². The Morgan fingerprint density at radius 2 is 1.76 bits per heavy atom. The average molecular weight is 380 g/mol. The molecule has 0 bridgehead atoms. The Labute approximate surface area is 169 Å². The Morgan fingerprint density at radius 1 is 0.966 bits per heavy atom. The van der Waals surface area contributed by atoms with Crippen LogP contribution >= 0.6 is 0 Å². The van der Waals surface area contributed by atoms with E-state index in [2.05, 4.69) is 51.3 Å². The molecule has 2 aromatic heterocycles. The van der Waals surface area contributed by atoms with Crippen LogP contribution in [0.5, 0.6) is 0 Å². The van der Waals surface area contributed by atoms with Crippen molar-refractivity contribution in [1.29, 1.82) is 0 Å². The summed E-state index contributed by atoms with van der Waals surface area (Å²) in [5, 5.41) is 3.99. The number of pyridine rings is 1. The van der Waals surface area contributed by atoms with E-state index < -0.39 is 0 Å². The maximum atomic E-state index is 12.3. The number of aryl methyl sites for hydroxylation is 1. The van der Waals surface area contributed by atoms with Crippen molar-refractivity contribution < 1.29 is 4.79 Å². The van der Waals surface area contributed by atoms with Crippen molar-refractivity contribution in [3.05, 3.63) is 108 Å². The first-order valence-corrected chi connectivity index (χ1v) is 9.30. The van der Waals surface area contributed by atoms with Crippen molar-refractivity contribution in [3.63, 3.8) is 0 Å². The van der Waals surface area contributed by atoms with Crippen molar-refractivity contribution in [2.24, 2.45) is 5.10 Å². The van der Waals surface area contributed by atoms with Gasteiger partial charge in [0, 0.05) is 34.9 Å². The molecule has 4 aromatic rings. The molecule has 0 aliphatic rings. The predicted molar refractivity (Wildman–Crippen MR) is 115 cm³/mol. The van der Waals surface area contributed by atoms with Crippen LogP contribution in [0.3, 0.4) is 0 Å². The number of rotatable bonds is 5. The molecule has 0 atom stereocenters. The van der Waals surface area contributed by atoms with Gasteiger partial charge in [-0.05, 0) is 55.0 Å². The molecule has 0 saturated heterocycles. The summed E-state index contributed by atoms with van der Waals surface area (Å²) in [7, 11) is 0. The number of hydrogen-bond donors (Lipinski definition) is 1. The fourth-order valence-electron chi connectivity index (χ4n) is 3.16. The second-order valence-electron chi connectivity index (χ2n) is 6.59. The van der Waals surface area contributed by atoms with Gasteiger partial charge < -0.3 is 4.57 Å². The first kappa shape index (κ1) is 18.4. The molecule has 29 heavy (non-hydrogen) atoms. The molecule has 2 heterocycles. The summed E-state index contributed by atoms with van der Waals surface area (Å²) in [6.07, 6.45) is 4.93. The molecule has 0 spiro atoms. The summed E-state index contributed by atoms with van der Waals surface area (Å²) < 4.78 is 2.18. The molecule has 2 aromatic carbocycles. The zero-order chi connectivity index (χ0) is 20.1. The monoisotopic (exact) mass is 380 g/mol. The molecule has 0 saturated carbocycles. The van der Waals surface area contributed by atoms with Crippen LogP contribution in [0.15, 0.2) is 96.4 Å². The van der Waals surface area contributed by atoms with Gasteiger partial charge in [-0.25, -0.2) is 5.43 Å². The van der Waals surface area contributed by atoms with Crippen molar-refractivity contribution in [2.45, 2.75) is 6.92 Å². The minimum Gasteiger partial charge on any atom is -0.314 e. The van der Waals surface area contributed by atoms with Gasteiger partial charge in [0.2, 0.25) is 0 Å². The third kappa shape index (κ3) is 4.14. The molecule has 5 nitrogen and oxygen atoms in total. The smallest absolute Gasteiger partial charge is 0.271 e. The van der Waals surface area contributed by atoms with Crippen LogP contribution in [-0.4, -0.2) is 21.7 Å². The van der Waals surface area contributed by atoms with Crippen LogP contribution in [-0.2, 0) is 0 Å². The maximum Gasteiger partial charge on any atom is 0.271 e. The highest BCUT2D eigenvalue weighted by Crippen LogP contribution is 2.26. The lowest BCUT2D eigenvalue weighted by Crippen LogP contribution is -2.17. The first-order chi connectivity index (χ1) is 14.2. The van der Waals surface area contributed by atoms with Crippen LogP contribution in [0.4, 0.5) is 0 Å². The van der Waals surface area contributed by atoms with E-state index >= 15 is 0 Å². The highest BCUT2D eigenvalue weighted by molar-refractivity contribution is 5.95. The molecule has 0 unspecified atom stereocenters. The predicted octanol–water partition coefficient (Wildman–Crippen LogP) is 4.61. The zero-order valence-electron chi connectivity index (χ0n) is 16.0. The lowest BCUT2D eigenvalue weighted by atomic mass is 10.1. The van der Waals surface area contributed by atoms with Crippen molar-refractivity contribution >= 4 is 12.1 Å². The van der Waals surface area contributed by atoms with Gasteiger partial charge in [0.25, 0.3) is 5.91 Å². The second-order valence-corrected chi connectivity index (χ2v) is 6.59. The molecular formula is C24H20N4O. The van der Waals surface area contributed by atoms with E-state index in [4.69, 9.17) is 0 Å². The molecule has 0 fully saturated rings. The van der Waals surface area contributed by atoms with E-state index in [1.54, 1.807) is 30.7 Å². The summed E-state index contributed by atoms with van der Waals surface area (Å²) in [6.45, 7) is 2.07. The van der Waals surface area contributed by atoms with Crippen LogP contribution in [0.1, 0.15) is 21.6 Å². The van der Waals surface area contributed by atoms with E-state index in [1.165, 1.54) is 0 Å². The van der Waals surface area contributed by atoms with Gasteiger partial charge in [0.1, 0.15) is 0 Å². The standard InChI is InChI=1S/C24H20N4O/c1-18-9-14-23(20-7-3-2-4-8-20)28(18)22-12-10-21(11-13-22)24(29)27-26-17-19-6-5-15-25-16-19/h2-17H,1H3,(H,27,29)/b26-17+. The van der Waals surface area contributed by atoms with Crippen molar-refractivity contribution in [1.82, 2.24) is 15.0 Å². The summed E-state index contributed by atoms with van der Waals surface area (Å²) in [5.41, 5.74) is 8.30. The summed E-state index contributed by atoms with van der Waals surface area (Å²) in [6, 6.07) is 25.6. The van der Waals surface area contributed by atoms with Crippen LogP contribution in [0, 0.1) is 6.92 Å². The first-order valence-electron chi connectivity index (χ1n) is 9.30. The Morgan fingerprint density at radius 3 is 2.48 bits per heavy atom.